The molecule has 1 fully saturated rings. The van der Waals surface area contributed by atoms with Gasteiger partial charge >= 0.3 is 0 Å². The smallest absolute Gasteiger partial charge is 0.191 e. The molecule has 0 radical (unpaired) electrons. The Morgan fingerprint density at radius 1 is 1.38 bits per heavy atom. The molecule has 0 bridgehead atoms. The molecule has 1 aliphatic rings. The van der Waals surface area contributed by atoms with Crippen molar-refractivity contribution in [3.8, 4) is 0 Å². The highest BCUT2D eigenvalue weighted by molar-refractivity contribution is 14.0. The summed E-state index contributed by atoms with van der Waals surface area (Å²) >= 11 is 1.95. The van der Waals surface area contributed by atoms with Crippen LogP contribution in [0.15, 0.2) is 4.99 Å². The lowest BCUT2D eigenvalue weighted by atomic mass is 10.2. The fraction of sp³-hybridized carbons (Fsp3) is 0.923. The second kappa shape index (κ2) is 9.44. The maximum atomic E-state index is 12.0. The van der Waals surface area contributed by atoms with Crippen molar-refractivity contribution >= 4 is 51.5 Å². The number of halogens is 1. The first-order valence-electron chi connectivity index (χ1n) is 7.03. The van der Waals surface area contributed by atoms with Gasteiger partial charge < -0.3 is 10.6 Å². The first kappa shape index (κ1) is 21.3. The Morgan fingerprint density at radius 3 is 2.52 bits per heavy atom. The summed E-state index contributed by atoms with van der Waals surface area (Å²) in [4.78, 5) is 4.15. The molecule has 0 aromatic carbocycles. The summed E-state index contributed by atoms with van der Waals surface area (Å²) in [6, 6.07) is 0.430. The molecule has 0 aromatic heterocycles. The Labute approximate surface area is 150 Å². The van der Waals surface area contributed by atoms with Gasteiger partial charge in [-0.1, -0.05) is 0 Å². The SMILES string of the molecule is CN=C(NCCS(=O)(=O)C(C)(C)C)NC1CCCSC1.I. The third kappa shape index (κ3) is 7.40. The lowest BCUT2D eigenvalue weighted by molar-refractivity contribution is 0.557. The largest absolute Gasteiger partial charge is 0.355 e. The number of sulfone groups is 1. The normalized spacial score (nSPS) is 20.6. The molecule has 0 aliphatic carbocycles. The Balaban J connectivity index is 0.00000400. The lowest BCUT2D eigenvalue weighted by Gasteiger charge is -2.25. The van der Waals surface area contributed by atoms with Crippen molar-refractivity contribution < 1.29 is 8.42 Å². The molecule has 1 atom stereocenters. The monoisotopic (exact) mass is 449 g/mol. The van der Waals surface area contributed by atoms with E-state index in [1.165, 1.54) is 12.2 Å². The minimum Gasteiger partial charge on any atom is -0.355 e. The van der Waals surface area contributed by atoms with E-state index < -0.39 is 14.6 Å². The van der Waals surface area contributed by atoms with E-state index in [1.807, 2.05) is 11.8 Å². The van der Waals surface area contributed by atoms with E-state index in [9.17, 15) is 8.42 Å². The van der Waals surface area contributed by atoms with Gasteiger partial charge in [0.05, 0.1) is 10.5 Å². The van der Waals surface area contributed by atoms with Crippen molar-refractivity contribution in [1.29, 1.82) is 0 Å². The predicted octanol–water partition coefficient (Wildman–Crippen LogP) is 1.88. The first-order chi connectivity index (χ1) is 9.26. The van der Waals surface area contributed by atoms with E-state index in [2.05, 4.69) is 15.6 Å². The van der Waals surface area contributed by atoms with E-state index in [0.29, 0.717) is 18.5 Å². The summed E-state index contributed by atoms with van der Waals surface area (Å²) in [5, 5.41) is 6.45. The highest BCUT2D eigenvalue weighted by Gasteiger charge is 2.28. The molecule has 8 heteroatoms. The van der Waals surface area contributed by atoms with Gasteiger partial charge in [0.15, 0.2) is 15.8 Å². The van der Waals surface area contributed by atoms with Crippen molar-refractivity contribution in [3.63, 3.8) is 0 Å². The molecule has 0 spiro atoms. The molecule has 126 valence electrons. The average molecular weight is 449 g/mol. The Kier molecular flexibility index (Phi) is 9.58. The van der Waals surface area contributed by atoms with E-state index in [0.717, 1.165) is 12.2 Å². The number of guanidine groups is 1. The zero-order valence-electron chi connectivity index (χ0n) is 13.3. The molecular weight excluding hydrogens is 421 g/mol. The van der Waals surface area contributed by atoms with Crippen molar-refractivity contribution in [3.05, 3.63) is 0 Å². The van der Waals surface area contributed by atoms with Crippen LogP contribution in [0.5, 0.6) is 0 Å². The van der Waals surface area contributed by atoms with Gasteiger partial charge in [-0.2, -0.15) is 11.8 Å². The number of nitrogens with one attached hydrogen (secondary N) is 2. The zero-order chi connectivity index (χ0) is 15.2. The van der Waals surface area contributed by atoms with Crippen LogP contribution in [0.25, 0.3) is 0 Å². The van der Waals surface area contributed by atoms with Crippen LogP contribution in [-0.4, -0.2) is 56.0 Å². The van der Waals surface area contributed by atoms with Crippen LogP contribution in [0, 0.1) is 0 Å². The van der Waals surface area contributed by atoms with Crippen LogP contribution >= 0.6 is 35.7 Å². The second-order valence-electron chi connectivity index (χ2n) is 5.99. The summed E-state index contributed by atoms with van der Waals surface area (Å²) < 4.78 is 23.3. The summed E-state index contributed by atoms with van der Waals surface area (Å²) in [6.07, 6.45) is 2.37. The van der Waals surface area contributed by atoms with Gasteiger partial charge in [0.1, 0.15) is 0 Å². The minimum atomic E-state index is -3.08. The molecule has 1 saturated heterocycles. The molecule has 2 N–H and O–H groups in total. The molecule has 1 aliphatic heterocycles. The second-order valence-corrected chi connectivity index (χ2v) is 10.0. The summed E-state index contributed by atoms with van der Waals surface area (Å²) in [6.45, 7) is 5.58. The Bertz CT molecular complexity index is 427. The van der Waals surface area contributed by atoms with E-state index in [1.54, 1.807) is 27.8 Å². The lowest BCUT2D eigenvalue weighted by Crippen LogP contribution is -2.47. The average Bonchev–Trinajstić information content (AvgIpc) is 2.37. The van der Waals surface area contributed by atoms with Gasteiger partial charge in [-0.05, 0) is 39.4 Å². The van der Waals surface area contributed by atoms with Crippen LogP contribution in [-0.2, 0) is 9.84 Å². The molecule has 0 amide bonds. The zero-order valence-corrected chi connectivity index (χ0v) is 17.3. The molecule has 1 rings (SSSR count). The van der Waals surface area contributed by atoms with E-state index in [-0.39, 0.29) is 29.7 Å². The number of hydrogen-bond donors (Lipinski definition) is 2. The van der Waals surface area contributed by atoms with Crippen LogP contribution in [0.3, 0.4) is 0 Å². The van der Waals surface area contributed by atoms with Gasteiger partial charge in [-0.15, -0.1) is 24.0 Å². The van der Waals surface area contributed by atoms with E-state index in [4.69, 9.17) is 0 Å². The maximum Gasteiger partial charge on any atom is 0.191 e. The van der Waals surface area contributed by atoms with Gasteiger partial charge in [0.2, 0.25) is 0 Å². The first-order valence-corrected chi connectivity index (χ1v) is 9.84. The third-order valence-electron chi connectivity index (χ3n) is 3.32. The molecular formula is C13H28IN3O2S2. The number of hydrogen-bond acceptors (Lipinski definition) is 4. The third-order valence-corrected chi connectivity index (χ3v) is 7.14. The van der Waals surface area contributed by atoms with Crippen molar-refractivity contribution in [2.75, 3.05) is 30.9 Å². The van der Waals surface area contributed by atoms with Crippen molar-refractivity contribution in [1.82, 2.24) is 10.6 Å². The quantitative estimate of drug-likeness (QED) is 0.390. The van der Waals surface area contributed by atoms with E-state index >= 15 is 0 Å². The van der Waals surface area contributed by atoms with Crippen molar-refractivity contribution in [2.24, 2.45) is 4.99 Å². The molecule has 21 heavy (non-hydrogen) atoms. The molecule has 0 aromatic rings. The van der Waals surface area contributed by atoms with Crippen LogP contribution in [0.2, 0.25) is 0 Å². The number of rotatable bonds is 4. The minimum absolute atomic E-state index is 0. The van der Waals surface area contributed by atoms with Crippen LogP contribution in [0.4, 0.5) is 0 Å². The predicted molar refractivity (Wildman–Crippen MR) is 104 cm³/mol. The number of thioether (sulfide) groups is 1. The highest BCUT2D eigenvalue weighted by atomic mass is 127. The molecule has 0 saturated carbocycles. The summed E-state index contributed by atoms with van der Waals surface area (Å²) in [5.74, 6) is 3.13. The fourth-order valence-electron chi connectivity index (χ4n) is 1.85. The topological polar surface area (TPSA) is 70.6 Å². The molecule has 1 unspecified atom stereocenters. The fourth-order valence-corrected chi connectivity index (χ4v) is 3.91. The van der Waals surface area contributed by atoms with Gasteiger partial charge in [0, 0.05) is 25.4 Å². The number of nitrogens with zero attached hydrogens (tertiary/aromatic N) is 1. The Morgan fingerprint density at radius 2 is 2.05 bits per heavy atom. The van der Waals surface area contributed by atoms with Gasteiger partial charge in [-0.3, -0.25) is 4.99 Å². The highest BCUT2D eigenvalue weighted by Crippen LogP contribution is 2.17. The van der Waals surface area contributed by atoms with Crippen molar-refractivity contribution in [2.45, 2.75) is 44.4 Å². The van der Waals surface area contributed by atoms with Gasteiger partial charge in [-0.25, -0.2) is 8.42 Å². The summed E-state index contributed by atoms with van der Waals surface area (Å²) in [7, 11) is -1.37. The molecule has 5 nitrogen and oxygen atoms in total. The maximum absolute atomic E-state index is 12.0. The van der Waals surface area contributed by atoms with Crippen LogP contribution < -0.4 is 10.6 Å². The standard InChI is InChI=1S/C13H27N3O2S2.HI/c1-13(2,3)20(17,18)9-7-15-12(14-4)16-11-6-5-8-19-10-11;/h11H,5-10H2,1-4H3,(H2,14,15,16);1H. The van der Waals surface area contributed by atoms with Gasteiger partial charge in [0.25, 0.3) is 0 Å². The Hall–Kier alpha value is 0.300. The molecule has 1 heterocycles. The summed E-state index contributed by atoms with van der Waals surface area (Å²) in [5.41, 5.74) is 0. The number of aliphatic imine (C=N–C) groups is 1. The van der Waals surface area contributed by atoms with Crippen LogP contribution in [0.1, 0.15) is 33.6 Å².